The highest BCUT2D eigenvalue weighted by Crippen LogP contribution is 2.53. The summed E-state index contributed by atoms with van der Waals surface area (Å²) in [5, 5.41) is 0. The number of ketones is 1. The van der Waals surface area contributed by atoms with E-state index in [1.54, 1.807) is 43.5 Å². The fourth-order valence-electron chi connectivity index (χ4n) is 4.62. The largest absolute Gasteiger partial charge is 0.497 e. The molecule has 184 valence electrons. The van der Waals surface area contributed by atoms with Crippen molar-refractivity contribution in [3.63, 3.8) is 0 Å². The lowest BCUT2D eigenvalue weighted by atomic mass is 9.84. The van der Waals surface area contributed by atoms with Crippen LogP contribution >= 0.6 is 0 Å². The smallest absolute Gasteiger partial charge is 0.312 e. The average Bonchev–Trinajstić information content (AvgIpc) is 3.22. The Bertz CT molecular complexity index is 1390. The Balaban J connectivity index is 1.62. The zero-order valence-electron chi connectivity index (χ0n) is 20.2. The summed E-state index contributed by atoms with van der Waals surface area (Å²) in [5.74, 6) is 1.77. The van der Waals surface area contributed by atoms with Crippen LogP contribution in [-0.4, -0.2) is 40.2 Å². The summed E-state index contributed by atoms with van der Waals surface area (Å²) in [4.78, 5) is 25.8. The van der Waals surface area contributed by atoms with Gasteiger partial charge < -0.3 is 28.4 Å². The minimum atomic E-state index is -0.501. The molecular formula is C28H24O8. The number of hydrogen-bond acceptors (Lipinski definition) is 8. The molecule has 0 saturated carbocycles. The minimum Gasteiger partial charge on any atom is -0.497 e. The number of rotatable bonds is 6. The second-order valence-electron chi connectivity index (χ2n) is 8.22. The fraction of sp³-hybridized carbons (Fsp3) is 0.214. The summed E-state index contributed by atoms with van der Waals surface area (Å²) < 4.78 is 33.5. The molecule has 36 heavy (non-hydrogen) atoms. The van der Waals surface area contributed by atoms with Crippen molar-refractivity contribution in [1.29, 1.82) is 0 Å². The number of ether oxygens (including phenoxy) is 6. The van der Waals surface area contributed by atoms with Gasteiger partial charge in [0.05, 0.1) is 40.4 Å². The van der Waals surface area contributed by atoms with Gasteiger partial charge in [0.1, 0.15) is 17.2 Å². The van der Waals surface area contributed by atoms with Gasteiger partial charge in [-0.1, -0.05) is 18.2 Å². The van der Waals surface area contributed by atoms with E-state index in [0.717, 1.165) is 5.56 Å². The number of benzene rings is 3. The molecule has 0 aromatic heterocycles. The van der Waals surface area contributed by atoms with Gasteiger partial charge in [0, 0.05) is 17.0 Å². The van der Waals surface area contributed by atoms with Gasteiger partial charge in [-0.05, 0) is 42.0 Å². The zero-order chi connectivity index (χ0) is 25.4. The van der Waals surface area contributed by atoms with E-state index in [1.165, 1.54) is 21.3 Å². The number of Topliss-reactive ketones (excluding diaryl/α,β-unsaturated/α-hetero) is 1. The fourth-order valence-corrected chi connectivity index (χ4v) is 4.62. The van der Waals surface area contributed by atoms with Crippen LogP contribution in [0.3, 0.4) is 0 Å². The van der Waals surface area contributed by atoms with Gasteiger partial charge in [-0.15, -0.1) is 0 Å². The molecule has 2 aliphatic rings. The summed E-state index contributed by atoms with van der Waals surface area (Å²) in [5.41, 5.74) is 2.47. The number of allylic oxidation sites excluding steroid dienone is 1. The van der Waals surface area contributed by atoms with E-state index in [9.17, 15) is 9.59 Å². The second kappa shape index (κ2) is 9.30. The molecule has 3 aromatic rings. The lowest BCUT2D eigenvalue weighted by Gasteiger charge is -2.28. The summed E-state index contributed by atoms with van der Waals surface area (Å²) in [6, 6.07) is 14.1. The molecule has 0 saturated heterocycles. The summed E-state index contributed by atoms with van der Waals surface area (Å²) in [6.07, 6.45) is 1.71. The first-order valence-electron chi connectivity index (χ1n) is 11.2. The molecular weight excluding hydrogens is 464 g/mol. The molecule has 2 aliphatic heterocycles. The highest BCUT2D eigenvalue weighted by Gasteiger charge is 2.40. The monoisotopic (exact) mass is 488 g/mol. The van der Waals surface area contributed by atoms with Crippen LogP contribution in [-0.2, 0) is 4.79 Å². The van der Waals surface area contributed by atoms with E-state index in [1.807, 2.05) is 18.2 Å². The van der Waals surface area contributed by atoms with Crippen LogP contribution in [0, 0.1) is 0 Å². The second-order valence-corrected chi connectivity index (χ2v) is 8.22. The average molecular weight is 488 g/mol. The van der Waals surface area contributed by atoms with E-state index < -0.39 is 11.9 Å². The Labute approximate surface area is 207 Å². The Morgan fingerprint density at radius 1 is 0.806 bits per heavy atom. The third-order valence-corrected chi connectivity index (χ3v) is 6.30. The number of esters is 1. The molecule has 0 radical (unpaired) electrons. The summed E-state index contributed by atoms with van der Waals surface area (Å²) >= 11 is 0. The zero-order valence-corrected chi connectivity index (χ0v) is 20.2. The first kappa shape index (κ1) is 23.3. The lowest BCUT2D eigenvalue weighted by molar-refractivity contribution is -0.135. The van der Waals surface area contributed by atoms with Crippen molar-refractivity contribution in [2.45, 2.75) is 12.3 Å². The predicted octanol–water partition coefficient (Wildman–Crippen LogP) is 4.78. The molecule has 0 spiro atoms. The van der Waals surface area contributed by atoms with Gasteiger partial charge in [-0.25, -0.2) is 0 Å². The molecule has 8 heteroatoms. The molecule has 0 aliphatic carbocycles. The number of carbonyl (C=O) groups excluding carboxylic acids is 2. The highest BCUT2D eigenvalue weighted by atomic mass is 16.5. The molecule has 0 unspecified atom stereocenters. The molecule has 2 heterocycles. The molecule has 0 fully saturated rings. The quantitative estimate of drug-likeness (QED) is 0.278. The topological polar surface area (TPSA) is 89.5 Å². The Kier molecular flexibility index (Phi) is 6.01. The summed E-state index contributed by atoms with van der Waals surface area (Å²) in [6.45, 7) is 0. The van der Waals surface area contributed by atoms with Gasteiger partial charge in [0.2, 0.25) is 11.5 Å². The number of fused-ring (bicyclic) bond motifs is 3. The van der Waals surface area contributed by atoms with Crippen molar-refractivity contribution in [3.05, 3.63) is 76.5 Å². The molecule has 0 bridgehead atoms. The van der Waals surface area contributed by atoms with Crippen LogP contribution in [0.4, 0.5) is 0 Å². The number of carbonyl (C=O) groups is 2. The van der Waals surface area contributed by atoms with Crippen LogP contribution in [0.5, 0.6) is 34.5 Å². The normalized spacial score (nSPS) is 17.1. The van der Waals surface area contributed by atoms with Crippen LogP contribution < -0.4 is 28.4 Å². The van der Waals surface area contributed by atoms with Crippen molar-refractivity contribution in [3.8, 4) is 34.5 Å². The molecule has 8 nitrogen and oxygen atoms in total. The van der Waals surface area contributed by atoms with Crippen molar-refractivity contribution < 1.29 is 38.0 Å². The van der Waals surface area contributed by atoms with E-state index in [4.69, 9.17) is 28.4 Å². The van der Waals surface area contributed by atoms with Gasteiger partial charge in [-0.3, -0.25) is 9.59 Å². The predicted molar refractivity (Wildman–Crippen MR) is 131 cm³/mol. The standard InChI is InChI=1S/C28H24O8/c1-31-16-7-5-15(6-8-16)13-22-25(30)18-10-11-20-24(26(18)36-22)19(14-23(29)35-20)17-9-12-21(32-2)28(34-4)27(17)33-3/h5-13,19H,14H2,1-4H3/b22-13-/t19-/m1/s1. The maximum atomic E-state index is 13.2. The third-order valence-electron chi connectivity index (χ3n) is 6.30. The van der Waals surface area contributed by atoms with Crippen LogP contribution in [0.15, 0.2) is 54.3 Å². The van der Waals surface area contributed by atoms with Crippen LogP contribution in [0.1, 0.15) is 39.4 Å². The molecule has 0 N–H and O–H groups in total. The molecule has 0 amide bonds. The van der Waals surface area contributed by atoms with Crippen LogP contribution in [0.25, 0.3) is 6.08 Å². The van der Waals surface area contributed by atoms with E-state index in [0.29, 0.717) is 51.2 Å². The molecule has 5 rings (SSSR count). The van der Waals surface area contributed by atoms with Gasteiger partial charge >= 0.3 is 5.97 Å². The maximum Gasteiger partial charge on any atom is 0.312 e. The van der Waals surface area contributed by atoms with Crippen molar-refractivity contribution in [2.24, 2.45) is 0 Å². The Hall–Kier alpha value is -4.46. The first-order chi connectivity index (χ1) is 17.5. The number of methoxy groups -OCH3 is 4. The first-order valence-corrected chi connectivity index (χ1v) is 11.2. The van der Waals surface area contributed by atoms with Crippen molar-refractivity contribution >= 4 is 17.8 Å². The molecule has 1 atom stereocenters. The van der Waals surface area contributed by atoms with E-state index >= 15 is 0 Å². The van der Waals surface area contributed by atoms with E-state index in [-0.39, 0.29) is 18.0 Å². The Morgan fingerprint density at radius 3 is 2.22 bits per heavy atom. The number of hydrogen-bond donors (Lipinski definition) is 0. The highest BCUT2D eigenvalue weighted by molar-refractivity contribution is 6.15. The van der Waals surface area contributed by atoms with Gasteiger partial charge in [-0.2, -0.15) is 0 Å². The minimum absolute atomic E-state index is 0.0321. The van der Waals surface area contributed by atoms with Gasteiger partial charge in [0.25, 0.3) is 0 Å². The van der Waals surface area contributed by atoms with E-state index in [2.05, 4.69) is 0 Å². The molecule has 3 aromatic carbocycles. The van der Waals surface area contributed by atoms with Crippen molar-refractivity contribution in [1.82, 2.24) is 0 Å². The lowest BCUT2D eigenvalue weighted by Crippen LogP contribution is -2.22. The van der Waals surface area contributed by atoms with Gasteiger partial charge in [0.15, 0.2) is 17.3 Å². The summed E-state index contributed by atoms with van der Waals surface area (Å²) in [7, 11) is 6.16. The maximum absolute atomic E-state index is 13.2. The van der Waals surface area contributed by atoms with Crippen molar-refractivity contribution in [2.75, 3.05) is 28.4 Å². The Morgan fingerprint density at radius 2 is 1.56 bits per heavy atom. The van der Waals surface area contributed by atoms with Crippen LogP contribution in [0.2, 0.25) is 0 Å². The third kappa shape index (κ3) is 3.80. The SMILES string of the molecule is COc1ccc(/C=C2\Oc3c(ccc4c3[C@@H](c3ccc(OC)c(OC)c3OC)CC(=O)O4)C2=O)cc1.